The summed E-state index contributed by atoms with van der Waals surface area (Å²) in [6.45, 7) is 2.06. The van der Waals surface area contributed by atoms with Gasteiger partial charge in [-0.2, -0.15) is 0 Å². The van der Waals surface area contributed by atoms with E-state index in [9.17, 15) is 13.2 Å². The highest BCUT2D eigenvalue weighted by molar-refractivity contribution is 5.27. The average molecular weight is 231 g/mol. The molecule has 4 heteroatoms. The van der Waals surface area contributed by atoms with E-state index < -0.39 is 6.36 Å². The lowest BCUT2D eigenvalue weighted by atomic mass is 10.1. The molecule has 0 N–H and O–H groups in total. The van der Waals surface area contributed by atoms with Crippen molar-refractivity contribution in [3.05, 3.63) is 36.2 Å². The van der Waals surface area contributed by atoms with Crippen molar-refractivity contribution in [2.24, 2.45) is 0 Å². The Morgan fingerprint density at radius 1 is 1.19 bits per heavy atom. The van der Waals surface area contributed by atoms with E-state index in [1.807, 2.05) is 0 Å². The molecule has 1 radical (unpaired) electrons. The average Bonchev–Trinajstić information content (AvgIpc) is 2.19. The van der Waals surface area contributed by atoms with Crippen LogP contribution < -0.4 is 4.74 Å². The molecule has 0 aliphatic rings. The van der Waals surface area contributed by atoms with Crippen LogP contribution in [0.2, 0.25) is 0 Å². The van der Waals surface area contributed by atoms with E-state index in [1.165, 1.54) is 12.1 Å². The van der Waals surface area contributed by atoms with Gasteiger partial charge in [-0.1, -0.05) is 25.5 Å². The second kappa shape index (κ2) is 5.77. The summed E-state index contributed by atoms with van der Waals surface area (Å²) in [5.74, 6) is -0.171. The van der Waals surface area contributed by atoms with E-state index in [2.05, 4.69) is 18.1 Å². The second-order valence-electron chi connectivity index (χ2n) is 3.43. The zero-order valence-electron chi connectivity index (χ0n) is 9.05. The van der Waals surface area contributed by atoms with Gasteiger partial charge in [0.2, 0.25) is 0 Å². The summed E-state index contributed by atoms with van der Waals surface area (Å²) in [5, 5.41) is 0. The Morgan fingerprint density at radius 3 is 2.31 bits per heavy atom. The molecule has 1 aromatic rings. The Bertz CT molecular complexity index is 303. The lowest BCUT2D eigenvalue weighted by Gasteiger charge is -2.09. The molecule has 0 atom stereocenters. The molecule has 0 saturated carbocycles. The quantitative estimate of drug-likeness (QED) is 0.692. The molecular formula is C12H14F3O. The Hall–Kier alpha value is -1.19. The first-order valence-corrected chi connectivity index (χ1v) is 5.17. The summed E-state index contributed by atoms with van der Waals surface area (Å²) in [7, 11) is 0. The Morgan fingerprint density at radius 2 is 1.81 bits per heavy atom. The molecule has 0 bridgehead atoms. The van der Waals surface area contributed by atoms with Gasteiger partial charge in [0.15, 0.2) is 0 Å². The van der Waals surface area contributed by atoms with Gasteiger partial charge >= 0.3 is 6.36 Å². The molecule has 0 aromatic heterocycles. The molecule has 1 aromatic carbocycles. The SMILES string of the molecule is CC[CH]CCc1ccc(OC(F)(F)F)cc1. The Labute approximate surface area is 93.2 Å². The highest BCUT2D eigenvalue weighted by atomic mass is 19.4. The minimum absolute atomic E-state index is 0.171. The lowest BCUT2D eigenvalue weighted by Crippen LogP contribution is -2.17. The molecule has 0 aliphatic heterocycles. The molecule has 0 aliphatic carbocycles. The van der Waals surface area contributed by atoms with Gasteiger partial charge in [0.05, 0.1) is 0 Å². The summed E-state index contributed by atoms with van der Waals surface area (Å²) in [6, 6.07) is 6.00. The summed E-state index contributed by atoms with van der Waals surface area (Å²) < 4.78 is 39.4. The molecule has 89 valence electrons. The van der Waals surface area contributed by atoms with Crippen LogP contribution >= 0.6 is 0 Å². The van der Waals surface area contributed by atoms with Crippen LogP contribution in [0, 0.1) is 6.42 Å². The number of alkyl halides is 3. The molecule has 0 unspecified atom stereocenters. The molecule has 0 amide bonds. The van der Waals surface area contributed by atoms with Crippen LogP contribution in [-0.4, -0.2) is 6.36 Å². The van der Waals surface area contributed by atoms with Crippen molar-refractivity contribution in [1.29, 1.82) is 0 Å². The zero-order chi connectivity index (χ0) is 12.0. The van der Waals surface area contributed by atoms with Crippen LogP contribution in [0.4, 0.5) is 13.2 Å². The minimum atomic E-state index is -4.61. The van der Waals surface area contributed by atoms with Crippen LogP contribution in [0.5, 0.6) is 5.75 Å². The van der Waals surface area contributed by atoms with Crippen LogP contribution in [-0.2, 0) is 6.42 Å². The normalized spacial score (nSPS) is 11.5. The highest BCUT2D eigenvalue weighted by Gasteiger charge is 2.30. The van der Waals surface area contributed by atoms with Crippen molar-refractivity contribution >= 4 is 0 Å². The molecule has 0 fully saturated rings. The third-order valence-electron chi connectivity index (χ3n) is 2.08. The number of halogens is 3. The summed E-state index contributed by atoms with van der Waals surface area (Å²) >= 11 is 0. The van der Waals surface area contributed by atoms with E-state index in [0.717, 1.165) is 24.8 Å². The Kier molecular flexibility index (Phi) is 4.65. The number of benzene rings is 1. The predicted octanol–water partition coefficient (Wildman–Crippen LogP) is 4.13. The smallest absolute Gasteiger partial charge is 0.406 e. The van der Waals surface area contributed by atoms with E-state index in [-0.39, 0.29) is 5.75 Å². The fourth-order valence-corrected chi connectivity index (χ4v) is 1.33. The molecule has 1 nitrogen and oxygen atoms in total. The maximum atomic E-state index is 11.9. The molecule has 0 heterocycles. The number of ether oxygens (including phenoxy) is 1. The zero-order valence-corrected chi connectivity index (χ0v) is 9.05. The number of unbranched alkanes of at least 4 members (excludes halogenated alkanes) is 2. The third-order valence-corrected chi connectivity index (χ3v) is 2.08. The Balaban J connectivity index is 2.48. The van der Waals surface area contributed by atoms with Crippen molar-refractivity contribution < 1.29 is 17.9 Å². The number of hydrogen-bond donors (Lipinski definition) is 0. The van der Waals surface area contributed by atoms with Gasteiger partial charge in [-0.25, -0.2) is 0 Å². The van der Waals surface area contributed by atoms with Crippen LogP contribution in [0.1, 0.15) is 25.3 Å². The summed E-state index contributed by atoms with van der Waals surface area (Å²) in [4.78, 5) is 0. The second-order valence-corrected chi connectivity index (χ2v) is 3.43. The van der Waals surface area contributed by atoms with Gasteiger partial charge in [-0.05, 0) is 37.0 Å². The van der Waals surface area contributed by atoms with Gasteiger partial charge in [0.1, 0.15) is 5.75 Å². The summed E-state index contributed by atoms with van der Waals surface area (Å²) in [5.41, 5.74) is 1.01. The van der Waals surface area contributed by atoms with Crippen molar-refractivity contribution in [3.63, 3.8) is 0 Å². The van der Waals surface area contributed by atoms with Gasteiger partial charge < -0.3 is 4.74 Å². The molecule has 1 rings (SSSR count). The predicted molar refractivity (Wildman–Crippen MR) is 56.0 cm³/mol. The van der Waals surface area contributed by atoms with Crippen LogP contribution in [0.15, 0.2) is 24.3 Å². The topological polar surface area (TPSA) is 9.23 Å². The summed E-state index contributed by atoms with van der Waals surface area (Å²) in [6.07, 6.45) is 0.322. The van der Waals surface area contributed by atoms with Crippen molar-refractivity contribution in [3.8, 4) is 5.75 Å². The first-order chi connectivity index (χ1) is 7.51. The largest absolute Gasteiger partial charge is 0.573 e. The maximum absolute atomic E-state index is 11.9. The highest BCUT2D eigenvalue weighted by Crippen LogP contribution is 2.23. The maximum Gasteiger partial charge on any atom is 0.573 e. The third kappa shape index (κ3) is 5.05. The van der Waals surface area contributed by atoms with Gasteiger partial charge in [-0.15, -0.1) is 13.2 Å². The monoisotopic (exact) mass is 231 g/mol. The first-order valence-electron chi connectivity index (χ1n) is 5.17. The molecule has 16 heavy (non-hydrogen) atoms. The molecular weight excluding hydrogens is 217 g/mol. The molecule has 0 spiro atoms. The first kappa shape index (κ1) is 12.9. The van der Waals surface area contributed by atoms with Crippen molar-refractivity contribution in [2.45, 2.75) is 32.5 Å². The van der Waals surface area contributed by atoms with Gasteiger partial charge in [0.25, 0.3) is 0 Å². The van der Waals surface area contributed by atoms with Crippen molar-refractivity contribution in [2.75, 3.05) is 0 Å². The van der Waals surface area contributed by atoms with Crippen LogP contribution in [0.25, 0.3) is 0 Å². The van der Waals surface area contributed by atoms with E-state index in [4.69, 9.17) is 0 Å². The standard InChI is InChI=1S/C12H14F3O/c1-2-3-4-5-10-6-8-11(9-7-10)16-12(13,14)15/h3,6-9H,2,4-5H2,1H3. The fourth-order valence-electron chi connectivity index (χ4n) is 1.33. The van der Waals surface area contributed by atoms with E-state index in [1.54, 1.807) is 12.1 Å². The van der Waals surface area contributed by atoms with Crippen molar-refractivity contribution in [1.82, 2.24) is 0 Å². The number of aryl methyl sites for hydroxylation is 1. The van der Waals surface area contributed by atoms with Gasteiger partial charge in [0, 0.05) is 0 Å². The van der Waals surface area contributed by atoms with Crippen LogP contribution in [0.3, 0.4) is 0 Å². The lowest BCUT2D eigenvalue weighted by molar-refractivity contribution is -0.274. The fraction of sp³-hybridized carbons (Fsp3) is 0.417. The van der Waals surface area contributed by atoms with Gasteiger partial charge in [-0.3, -0.25) is 0 Å². The minimum Gasteiger partial charge on any atom is -0.406 e. The van der Waals surface area contributed by atoms with E-state index in [0.29, 0.717) is 0 Å². The number of rotatable bonds is 5. The molecule has 0 saturated heterocycles. The number of hydrogen-bond acceptors (Lipinski definition) is 1. The van der Waals surface area contributed by atoms with E-state index >= 15 is 0 Å².